The Labute approximate surface area is 165 Å². The van der Waals surface area contributed by atoms with Crippen molar-refractivity contribution in [2.24, 2.45) is 5.41 Å². The van der Waals surface area contributed by atoms with Gasteiger partial charge in [-0.25, -0.2) is 22.0 Å². The van der Waals surface area contributed by atoms with E-state index < -0.39 is 63.5 Å². The Kier molecular flexibility index (Phi) is 5.50. The largest absolute Gasteiger partial charge is 0.429 e. The van der Waals surface area contributed by atoms with Crippen molar-refractivity contribution in [1.29, 1.82) is 0 Å². The van der Waals surface area contributed by atoms with Crippen LogP contribution >= 0.6 is 0 Å². The fourth-order valence-electron chi connectivity index (χ4n) is 2.64. The molecule has 1 heterocycles. The normalized spacial score (nSPS) is 18.3. The maximum absolute atomic E-state index is 14.5. The van der Waals surface area contributed by atoms with Crippen molar-refractivity contribution in [3.63, 3.8) is 0 Å². The highest BCUT2D eigenvalue weighted by Gasteiger charge is 2.46. The second kappa shape index (κ2) is 7.40. The van der Waals surface area contributed by atoms with E-state index in [1.54, 1.807) is 13.8 Å². The van der Waals surface area contributed by atoms with Crippen molar-refractivity contribution in [2.45, 2.75) is 25.9 Å². The van der Waals surface area contributed by atoms with Gasteiger partial charge in [-0.05, 0) is 12.1 Å². The predicted molar refractivity (Wildman–Crippen MR) is 86.8 cm³/mol. The Morgan fingerprint density at radius 1 is 0.900 bits per heavy atom. The summed E-state index contributed by atoms with van der Waals surface area (Å²) < 4.78 is 111. The summed E-state index contributed by atoms with van der Waals surface area (Å²) in [5.41, 5.74) is -3.08. The van der Waals surface area contributed by atoms with E-state index in [1.165, 1.54) is 0 Å². The standard InChI is InChI=1S/C19H15F7O4/c1-17(2)7-28-19(27,29-8-17)11-4-3-10(14(22)15(11)23)18(25,26)30-9-5-12(20)16(24)13(21)6-9/h3-6,27H,7-8H2,1-2H3. The highest BCUT2D eigenvalue weighted by atomic mass is 19.3. The lowest BCUT2D eigenvalue weighted by Gasteiger charge is -2.40. The molecule has 2 aromatic carbocycles. The molecule has 1 aliphatic heterocycles. The van der Waals surface area contributed by atoms with Gasteiger partial charge in [0, 0.05) is 17.5 Å². The number of ether oxygens (including phenoxy) is 3. The van der Waals surface area contributed by atoms with Crippen LogP contribution in [0.3, 0.4) is 0 Å². The first-order chi connectivity index (χ1) is 13.8. The van der Waals surface area contributed by atoms with Crippen molar-refractivity contribution < 1.29 is 50.1 Å². The number of benzene rings is 2. The van der Waals surface area contributed by atoms with Gasteiger partial charge < -0.3 is 19.3 Å². The third-order valence-corrected chi connectivity index (χ3v) is 4.26. The summed E-state index contributed by atoms with van der Waals surface area (Å²) in [6.45, 7) is 3.22. The number of alkyl halides is 2. The van der Waals surface area contributed by atoms with Gasteiger partial charge >= 0.3 is 12.1 Å². The Balaban J connectivity index is 1.93. The second-order valence-corrected chi connectivity index (χ2v) is 7.43. The summed E-state index contributed by atoms with van der Waals surface area (Å²) >= 11 is 0. The van der Waals surface area contributed by atoms with Crippen molar-refractivity contribution >= 4 is 0 Å². The van der Waals surface area contributed by atoms with Crippen LogP contribution in [0.2, 0.25) is 0 Å². The summed E-state index contributed by atoms with van der Waals surface area (Å²) in [6, 6.07) is 1.20. The van der Waals surface area contributed by atoms with E-state index in [-0.39, 0.29) is 25.3 Å². The van der Waals surface area contributed by atoms with Gasteiger partial charge in [0.15, 0.2) is 29.1 Å². The highest BCUT2D eigenvalue weighted by Crippen LogP contribution is 2.40. The quantitative estimate of drug-likeness (QED) is 0.554. The summed E-state index contributed by atoms with van der Waals surface area (Å²) in [5, 5.41) is 10.3. The van der Waals surface area contributed by atoms with E-state index in [0.717, 1.165) is 0 Å². The van der Waals surface area contributed by atoms with Crippen LogP contribution in [0.25, 0.3) is 0 Å². The van der Waals surface area contributed by atoms with Crippen molar-refractivity contribution in [2.75, 3.05) is 13.2 Å². The van der Waals surface area contributed by atoms with Gasteiger partial charge in [-0.2, -0.15) is 8.78 Å². The Bertz CT molecular complexity index is 945. The second-order valence-electron chi connectivity index (χ2n) is 7.43. The Hall–Kier alpha value is -2.37. The molecule has 0 saturated carbocycles. The summed E-state index contributed by atoms with van der Waals surface area (Å²) in [5.74, 6) is -13.5. The molecule has 11 heteroatoms. The smallest absolute Gasteiger partial charge is 0.429 e. The monoisotopic (exact) mass is 440 g/mol. The molecule has 0 bridgehead atoms. The van der Waals surface area contributed by atoms with Gasteiger partial charge in [-0.15, -0.1) is 0 Å². The molecular formula is C19H15F7O4. The number of hydrogen-bond acceptors (Lipinski definition) is 4. The lowest BCUT2D eigenvalue weighted by atomic mass is 9.95. The van der Waals surface area contributed by atoms with E-state index in [2.05, 4.69) is 4.74 Å². The third-order valence-electron chi connectivity index (χ3n) is 4.26. The van der Waals surface area contributed by atoms with E-state index in [4.69, 9.17) is 9.47 Å². The maximum atomic E-state index is 14.5. The molecular weight excluding hydrogens is 425 g/mol. The van der Waals surface area contributed by atoms with Gasteiger partial charge in [0.05, 0.1) is 18.8 Å². The fourth-order valence-corrected chi connectivity index (χ4v) is 2.64. The van der Waals surface area contributed by atoms with Crippen LogP contribution < -0.4 is 4.74 Å². The van der Waals surface area contributed by atoms with Gasteiger partial charge in [0.2, 0.25) is 0 Å². The zero-order valence-electron chi connectivity index (χ0n) is 15.5. The molecule has 0 atom stereocenters. The molecule has 30 heavy (non-hydrogen) atoms. The summed E-state index contributed by atoms with van der Waals surface area (Å²) in [6.07, 6.45) is -4.61. The van der Waals surface area contributed by atoms with Gasteiger partial charge in [-0.1, -0.05) is 13.8 Å². The number of aliphatic hydroxyl groups is 1. The Morgan fingerprint density at radius 2 is 1.43 bits per heavy atom. The molecule has 0 aliphatic carbocycles. The molecule has 1 saturated heterocycles. The first kappa shape index (κ1) is 22.3. The van der Waals surface area contributed by atoms with Crippen LogP contribution in [-0.4, -0.2) is 18.3 Å². The first-order valence-corrected chi connectivity index (χ1v) is 8.46. The molecule has 2 aromatic rings. The lowest BCUT2D eigenvalue weighted by molar-refractivity contribution is -0.413. The van der Waals surface area contributed by atoms with Crippen molar-refractivity contribution in [3.8, 4) is 5.75 Å². The SMILES string of the molecule is CC1(C)COC(O)(c2ccc(C(F)(F)Oc3cc(F)c(F)c(F)c3)c(F)c2F)OC1. The third kappa shape index (κ3) is 4.09. The van der Waals surface area contributed by atoms with Crippen LogP contribution in [0.1, 0.15) is 25.0 Å². The molecule has 0 amide bonds. The fraction of sp³-hybridized carbons (Fsp3) is 0.368. The lowest BCUT2D eigenvalue weighted by Crippen LogP contribution is -2.46. The number of rotatable bonds is 4. The van der Waals surface area contributed by atoms with Crippen LogP contribution in [-0.2, 0) is 21.6 Å². The Morgan fingerprint density at radius 3 is 1.97 bits per heavy atom. The van der Waals surface area contributed by atoms with Crippen molar-refractivity contribution in [1.82, 2.24) is 0 Å². The van der Waals surface area contributed by atoms with E-state index in [9.17, 15) is 35.8 Å². The molecule has 1 N–H and O–H groups in total. The van der Waals surface area contributed by atoms with Crippen LogP contribution in [0.4, 0.5) is 30.7 Å². The molecule has 0 aromatic heterocycles. The minimum absolute atomic E-state index is 0.104. The zero-order chi connectivity index (χ0) is 22.5. The van der Waals surface area contributed by atoms with Crippen LogP contribution in [0.5, 0.6) is 5.75 Å². The minimum Gasteiger partial charge on any atom is -0.429 e. The van der Waals surface area contributed by atoms with E-state index >= 15 is 0 Å². The molecule has 1 fully saturated rings. The molecule has 3 rings (SSSR count). The van der Waals surface area contributed by atoms with Crippen LogP contribution in [0, 0.1) is 34.5 Å². The molecule has 1 aliphatic rings. The van der Waals surface area contributed by atoms with Gasteiger partial charge in [0.1, 0.15) is 11.3 Å². The topological polar surface area (TPSA) is 47.9 Å². The summed E-state index contributed by atoms with van der Waals surface area (Å²) in [4.78, 5) is 0. The van der Waals surface area contributed by atoms with Crippen molar-refractivity contribution in [3.05, 3.63) is 64.5 Å². The molecule has 164 valence electrons. The van der Waals surface area contributed by atoms with Gasteiger partial charge in [-0.3, -0.25) is 0 Å². The highest BCUT2D eigenvalue weighted by molar-refractivity contribution is 5.32. The van der Waals surface area contributed by atoms with Crippen LogP contribution in [0.15, 0.2) is 24.3 Å². The average Bonchev–Trinajstić information content (AvgIpc) is 2.64. The average molecular weight is 440 g/mol. The summed E-state index contributed by atoms with van der Waals surface area (Å²) in [7, 11) is 0. The maximum Gasteiger partial charge on any atom is 0.429 e. The van der Waals surface area contributed by atoms with E-state index in [1.807, 2.05) is 0 Å². The molecule has 0 spiro atoms. The number of halogens is 7. The van der Waals surface area contributed by atoms with E-state index in [0.29, 0.717) is 12.1 Å². The molecule has 4 nitrogen and oxygen atoms in total. The predicted octanol–water partition coefficient (Wildman–Crippen LogP) is 4.69. The first-order valence-electron chi connectivity index (χ1n) is 8.46. The zero-order valence-corrected chi connectivity index (χ0v) is 15.5. The number of hydrogen-bond donors (Lipinski definition) is 1. The van der Waals surface area contributed by atoms with Gasteiger partial charge in [0.25, 0.3) is 0 Å². The molecule has 0 unspecified atom stereocenters. The minimum atomic E-state index is -4.61. The molecule has 0 radical (unpaired) electrons.